The molecule has 6 N–H and O–H groups in total. The van der Waals surface area contributed by atoms with Gasteiger partial charge in [0.2, 0.25) is 27.6 Å². The fraction of sp³-hybridized carbons (Fsp3) is 0.719. The van der Waals surface area contributed by atoms with Crippen molar-refractivity contribution < 1.29 is 32.4 Å². The molecule has 3 aliphatic rings. The Hall–Kier alpha value is -3.04. The monoisotopic (exact) mass is 694 g/mol. The Balaban J connectivity index is 1.49. The van der Waals surface area contributed by atoms with Crippen LogP contribution in [0.2, 0.25) is 0 Å². The third-order valence-electron chi connectivity index (χ3n) is 10.2. The van der Waals surface area contributed by atoms with Gasteiger partial charge in [0.15, 0.2) is 0 Å². The molecule has 0 radical (unpaired) electrons. The van der Waals surface area contributed by atoms with Crippen LogP contribution in [0, 0.1) is 34.5 Å². The highest BCUT2D eigenvalue weighted by Gasteiger charge is 2.70. The van der Waals surface area contributed by atoms with Crippen molar-refractivity contribution in [1.29, 1.82) is 0 Å². The van der Waals surface area contributed by atoms with Gasteiger partial charge >= 0.3 is 6.03 Å². The Morgan fingerprint density at radius 2 is 1.74 bits per heavy atom. The van der Waals surface area contributed by atoms with Gasteiger partial charge in [-0.05, 0) is 52.4 Å². The minimum atomic E-state index is -3.75. The molecule has 2 aliphatic carbocycles. The summed E-state index contributed by atoms with van der Waals surface area (Å²) in [7, 11) is -3.75. The van der Waals surface area contributed by atoms with E-state index in [1.54, 1.807) is 32.2 Å². The highest BCUT2D eigenvalue weighted by Crippen LogP contribution is 2.65. The molecule has 0 unspecified atom stereocenters. The number of hydrogen-bond donors (Lipinski definition) is 5. The lowest BCUT2D eigenvalue weighted by molar-refractivity contribution is -0.145. The normalized spacial score (nSPS) is 24.0. The SMILES string of the molecule is CC(C)[C@@H](CNS(=O)(=O)c1cccs1)NC(=O)N[C@H](C(=O)N1C[C@H]2[C@@H]([C@H]1C(=O)N[C@H](CC1CCC1)C(=O)C(N)=O)C2(C)C)C(C)(C)C. The maximum atomic E-state index is 14.3. The van der Waals surface area contributed by atoms with E-state index in [2.05, 4.69) is 20.7 Å². The van der Waals surface area contributed by atoms with E-state index in [1.807, 2.05) is 27.7 Å². The van der Waals surface area contributed by atoms with Crippen LogP contribution in [0.1, 0.15) is 74.1 Å². The molecule has 2 saturated carbocycles. The summed E-state index contributed by atoms with van der Waals surface area (Å²) in [5.41, 5.74) is 4.35. The molecule has 5 amide bonds. The predicted octanol–water partition coefficient (Wildman–Crippen LogP) is 1.98. The van der Waals surface area contributed by atoms with Crippen molar-refractivity contribution in [2.24, 2.45) is 40.2 Å². The fourth-order valence-corrected chi connectivity index (χ4v) is 8.93. The zero-order valence-electron chi connectivity index (χ0n) is 28.3. The van der Waals surface area contributed by atoms with Crippen LogP contribution in [0.4, 0.5) is 4.79 Å². The van der Waals surface area contributed by atoms with E-state index < -0.39 is 69.1 Å². The highest BCUT2D eigenvalue weighted by atomic mass is 32.2. The number of thiophene rings is 1. The van der Waals surface area contributed by atoms with Crippen LogP contribution in [0.3, 0.4) is 0 Å². The maximum absolute atomic E-state index is 14.3. The molecule has 3 fully saturated rings. The van der Waals surface area contributed by atoms with Crippen molar-refractivity contribution in [2.45, 2.75) is 103 Å². The number of ketones is 1. The number of hydrogen-bond acceptors (Lipinski definition) is 8. The summed E-state index contributed by atoms with van der Waals surface area (Å²) in [4.78, 5) is 67.5. The summed E-state index contributed by atoms with van der Waals surface area (Å²) < 4.78 is 28.1. The van der Waals surface area contributed by atoms with Crippen molar-refractivity contribution in [3.05, 3.63) is 17.5 Å². The predicted molar refractivity (Wildman–Crippen MR) is 177 cm³/mol. The lowest BCUT2D eigenvalue weighted by atomic mass is 9.80. The number of Topliss-reactive ketones (excluding diaryl/α,β-unsaturated/α-hetero) is 1. The number of carbonyl (C=O) groups is 5. The van der Waals surface area contributed by atoms with Gasteiger partial charge in [-0.3, -0.25) is 19.2 Å². The quantitative estimate of drug-likeness (QED) is 0.184. The molecule has 1 aromatic heterocycles. The second kappa shape index (κ2) is 13.8. The molecule has 262 valence electrons. The van der Waals surface area contributed by atoms with E-state index in [0.717, 1.165) is 30.6 Å². The Kier molecular flexibility index (Phi) is 10.8. The number of urea groups is 1. The molecule has 0 aromatic carbocycles. The Bertz CT molecular complexity index is 1470. The molecular weight excluding hydrogens is 645 g/mol. The van der Waals surface area contributed by atoms with Gasteiger partial charge in [0, 0.05) is 19.1 Å². The molecule has 1 saturated heterocycles. The molecule has 0 spiro atoms. The van der Waals surface area contributed by atoms with Gasteiger partial charge in [0.05, 0.1) is 6.04 Å². The largest absolute Gasteiger partial charge is 0.363 e. The molecule has 1 aliphatic heterocycles. The first-order chi connectivity index (χ1) is 21.8. The van der Waals surface area contributed by atoms with Gasteiger partial charge in [-0.2, -0.15) is 0 Å². The zero-order chi connectivity index (χ0) is 35.1. The van der Waals surface area contributed by atoms with Crippen LogP contribution < -0.4 is 26.4 Å². The van der Waals surface area contributed by atoms with Crippen LogP contribution in [0.5, 0.6) is 0 Å². The summed E-state index contributed by atoms with van der Waals surface area (Å²) >= 11 is 1.09. The zero-order valence-corrected chi connectivity index (χ0v) is 29.9. The molecule has 1 aromatic rings. The van der Waals surface area contributed by atoms with E-state index in [0.29, 0.717) is 13.0 Å². The summed E-state index contributed by atoms with van der Waals surface area (Å²) in [5.74, 6) is -2.95. The number of amides is 5. The van der Waals surface area contributed by atoms with E-state index in [-0.39, 0.29) is 39.8 Å². The lowest BCUT2D eigenvalue weighted by Gasteiger charge is -2.38. The van der Waals surface area contributed by atoms with E-state index >= 15 is 0 Å². The van der Waals surface area contributed by atoms with Crippen LogP contribution in [0.25, 0.3) is 0 Å². The van der Waals surface area contributed by atoms with Crippen LogP contribution >= 0.6 is 11.3 Å². The summed E-state index contributed by atoms with van der Waals surface area (Å²) in [5, 5.41) is 10.1. The highest BCUT2D eigenvalue weighted by molar-refractivity contribution is 7.91. The van der Waals surface area contributed by atoms with Crippen molar-refractivity contribution in [3.63, 3.8) is 0 Å². The minimum absolute atomic E-state index is 0.0512. The molecule has 15 heteroatoms. The van der Waals surface area contributed by atoms with Gasteiger partial charge in [-0.1, -0.05) is 73.8 Å². The number of likely N-dealkylation sites (tertiary alicyclic amines) is 1. The number of primary amides is 1. The molecular formula is C32H50N6O7S2. The van der Waals surface area contributed by atoms with Crippen molar-refractivity contribution >= 4 is 50.9 Å². The molecule has 6 atom stereocenters. The molecule has 2 heterocycles. The van der Waals surface area contributed by atoms with Gasteiger partial charge < -0.3 is 26.6 Å². The van der Waals surface area contributed by atoms with Gasteiger partial charge in [0.25, 0.3) is 5.91 Å². The molecule has 13 nitrogen and oxygen atoms in total. The maximum Gasteiger partial charge on any atom is 0.315 e. The number of sulfonamides is 1. The van der Waals surface area contributed by atoms with Crippen molar-refractivity contribution in [2.75, 3.05) is 13.1 Å². The van der Waals surface area contributed by atoms with Gasteiger partial charge in [0.1, 0.15) is 16.3 Å². The number of nitrogens with zero attached hydrogens (tertiary/aromatic N) is 1. The Labute approximate surface area is 281 Å². The number of rotatable bonds is 14. The first-order valence-electron chi connectivity index (χ1n) is 16.3. The first kappa shape index (κ1) is 36.8. The smallest absolute Gasteiger partial charge is 0.315 e. The molecule has 4 rings (SSSR count). The Morgan fingerprint density at radius 1 is 1.09 bits per heavy atom. The fourth-order valence-electron chi connectivity index (χ4n) is 6.83. The number of carbonyl (C=O) groups excluding carboxylic acids is 5. The average molecular weight is 695 g/mol. The standard InChI is InChI=1S/C32H50N6O7S2/c1-17(2)21(15-34-47(44,45)22-12-9-13-46-22)36-30(43)37-26(31(3,4)5)29(42)38-16-19-23(32(19,6)7)24(38)28(41)35-20(25(39)27(33)40)14-18-10-8-11-18/h9,12-13,17-21,23-24,26,34H,8,10-11,14-16H2,1-7H3,(H2,33,40)(H,35,41)(H2,36,37,43)/t19-,20+,21+,23-,24-,26+/m0/s1. The Morgan fingerprint density at radius 3 is 2.26 bits per heavy atom. The van der Waals surface area contributed by atoms with E-state index in [1.165, 1.54) is 11.0 Å². The molecule has 47 heavy (non-hydrogen) atoms. The van der Waals surface area contributed by atoms with Gasteiger partial charge in [-0.25, -0.2) is 17.9 Å². The van der Waals surface area contributed by atoms with Gasteiger partial charge in [-0.15, -0.1) is 11.3 Å². The first-order valence-corrected chi connectivity index (χ1v) is 18.7. The van der Waals surface area contributed by atoms with E-state index in [4.69, 9.17) is 5.73 Å². The van der Waals surface area contributed by atoms with Crippen molar-refractivity contribution in [3.8, 4) is 0 Å². The number of nitrogens with two attached hydrogens (primary N) is 1. The van der Waals surface area contributed by atoms with E-state index in [9.17, 15) is 32.4 Å². The second-order valence-electron chi connectivity index (χ2n) is 15.3. The number of nitrogens with one attached hydrogen (secondary N) is 4. The second-order valence-corrected chi connectivity index (χ2v) is 18.2. The molecule has 0 bridgehead atoms. The number of piperidine rings is 1. The average Bonchev–Trinajstić information content (AvgIpc) is 3.41. The summed E-state index contributed by atoms with van der Waals surface area (Å²) in [6.45, 7) is 13.4. The van der Waals surface area contributed by atoms with Crippen LogP contribution in [-0.2, 0) is 29.2 Å². The number of fused-ring (bicyclic) bond motifs is 1. The summed E-state index contributed by atoms with van der Waals surface area (Å²) in [6.07, 6.45) is 3.15. The minimum Gasteiger partial charge on any atom is -0.363 e. The van der Waals surface area contributed by atoms with Crippen LogP contribution in [-0.4, -0.2) is 80.1 Å². The van der Waals surface area contributed by atoms with Crippen molar-refractivity contribution in [1.82, 2.24) is 25.6 Å². The third kappa shape index (κ3) is 8.16. The lowest BCUT2D eigenvalue weighted by Crippen LogP contribution is -2.62. The third-order valence-corrected chi connectivity index (χ3v) is 13.0. The van der Waals surface area contributed by atoms with Crippen LogP contribution in [0.15, 0.2) is 21.7 Å². The summed E-state index contributed by atoms with van der Waals surface area (Å²) in [6, 6.07) is -1.08. The topological polar surface area (TPSA) is 197 Å².